The second-order valence-corrected chi connectivity index (χ2v) is 10.2. The Morgan fingerprint density at radius 1 is 1.10 bits per heavy atom. The normalized spacial score (nSPS) is 14.2. The molecule has 0 saturated heterocycles. The summed E-state index contributed by atoms with van der Waals surface area (Å²) in [6, 6.07) is 13.7. The zero-order valence-electron chi connectivity index (χ0n) is 20.4. The minimum Gasteiger partial charge on any atom is -0.383 e. The number of aromatic nitrogens is 3. The molecule has 7 N–H and O–H groups in total. The predicted octanol–water partition coefficient (Wildman–Crippen LogP) is 2.31. The van der Waals surface area contributed by atoms with Gasteiger partial charge in [0.05, 0.1) is 10.9 Å². The number of nitrogen functional groups attached to an aromatic ring is 1. The number of amides is 1. The highest BCUT2D eigenvalue weighted by molar-refractivity contribution is 7.92. The number of rotatable bonds is 8. The van der Waals surface area contributed by atoms with E-state index in [1.54, 1.807) is 37.4 Å². The number of fused-ring (bicyclic) bond motifs is 1. The van der Waals surface area contributed by atoms with Crippen molar-refractivity contribution in [1.82, 2.24) is 15.1 Å². The van der Waals surface area contributed by atoms with Crippen molar-refractivity contribution in [1.29, 1.82) is 0 Å². The van der Waals surface area contributed by atoms with Crippen molar-refractivity contribution in [2.75, 3.05) is 33.0 Å². The Hall–Kier alpha value is -5.18. The summed E-state index contributed by atoms with van der Waals surface area (Å²) in [7, 11) is -3.86. The fraction of sp³-hybridized carbons (Fsp3) is 0.125. The topological polar surface area (TPSA) is 209 Å². The number of aryl methyl sites for hydroxylation is 1. The number of nitrogens with one attached hydrogen (secondary N) is 5. The second-order valence-electron chi connectivity index (χ2n) is 8.54. The molecule has 0 aliphatic carbocycles. The number of anilines is 5. The number of carbonyl (C=O) groups excluding carboxylic acids is 1. The van der Waals surface area contributed by atoms with Crippen LogP contribution in [0.3, 0.4) is 0 Å². The average molecular weight is 550 g/mol. The van der Waals surface area contributed by atoms with E-state index in [1.807, 2.05) is 0 Å². The number of sulfonamides is 1. The molecule has 4 aromatic rings. The maximum absolute atomic E-state index is 12.7. The third kappa shape index (κ3) is 5.88. The fourth-order valence-electron chi connectivity index (χ4n) is 3.69. The molecule has 14 nitrogen and oxygen atoms in total. The van der Waals surface area contributed by atoms with E-state index >= 15 is 0 Å². The van der Waals surface area contributed by atoms with E-state index < -0.39 is 15.6 Å². The molecule has 3 heterocycles. The van der Waals surface area contributed by atoms with Crippen LogP contribution in [0.25, 0.3) is 0 Å². The lowest BCUT2D eigenvalue weighted by molar-refractivity contribution is 0.102. The highest BCUT2D eigenvalue weighted by atomic mass is 32.2. The molecule has 2 aromatic heterocycles. The number of aliphatic imine (C=N–C) groups is 1. The van der Waals surface area contributed by atoms with Crippen LogP contribution in [-0.2, 0) is 10.0 Å². The first kappa shape index (κ1) is 25.5. The number of nitrogens with two attached hydrogens (primary N) is 1. The van der Waals surface area contributed by atoms with Crippen molar-refractivity contribution in [3.8, 4) is 0 Å². The SMILES string of the molecule is Cc1cc(NS(=O)(=O)c2ccc(NC(=O)c3ccc(NCC4C=Nc5nc(N)[nH]c(=O)c5N4)cc3)cc2)no1. The molecule has 1 unspecified atom stereocenters. The van der Waals surface area contributed by atoms with E-state index in [9.17, 15) is 18.0 Å². The highest BCUT2D eigenvalue weighted by Gasteiger charge is 2.19. The Balaban J connectivity index is 1.15. The first-order valence-corrected chi connectivity index (χ1v) is 13.1. The van der Waals surface area contributed by atoms with Crippen LogP contribution in [0.2, 0.25) is 0 Å². The summed E-state index contributed by atoms with van der Waals surface area (Å²) in [5.74, 6) is 0.414. The maximum Gasteiger partial charge on any atom is 0.277 e. The average Bonchev–Trinajstić information content (AvgIpc) is 3.31. The van der Waals surface area contributed by atoms with Crippen LogP contribution in [0, 0.1) is 6.92 Å². The van der Waals surface area contributed by atoms with Crippen LogP contribution in [0.4, 0.5) is 34.6 Å². The van der Waals surface area contributed by atoms with Crippen LogP contribution in [0.5, 0.6) is 0 Å². The van der Waals surface area contributed by atoms with Crippen LogP contribution in [0.1, 0.15) is 16.1 Å². The van der Waals surface area contributed by atoms with E-state index in [2.05, 4.69) is 40.8 Å². The van der Waals surface area contributed by atoms with Gasteiger partial charge in [0.25, 0.3) is 21.5 Å². The van der Waals surface area contributed by atoms with E-state index in [1.165, 1.54) is 30.3 Å². The molecule has 1 aliphatic heterocycles. The number of hydrogen-bond donors (Lipinski definition) is 6. The predicted molar refractivity (Wildman–Crippen MR) is 146 cm³/mol. The molecule has 0 fully saturated rings. The summed E-state index contributed by atoms with van der Waals surface area (Å²) in [4.78, 5) is 35.3. The zero-order chi connectivity index (χ0) is 27.6. The van der Waals surface area contributed by atoms with Crippen LogP contribution >= 0.6 is 0 Å². The number of aromatic amines is 1. The zero-order valence-corrected chi connectivity index (χ0v) is 21.2. The largest absolute Gasteiger partial charge is 0.383 e. The first-order valence-electron chi connectivity index (χ1n) is 11.6. The summed E-state index contributed by atoms with van der Waals surface area (Å²) in [5.41, 5.74) is 6.96. The third-order valence-corrected chi connectivity index (χ3v) is 6.96. The van der Waals surface area contributed by atoms with Gasteiger partial charge >= 0.3 is 0 Å². The Bertz CT molecular complexity index is 1710. The molecule has 1 amide bonds. The lowest BCUT2D eigenvalue weighted by Crippen LogP contribution is -2.34. The molecule has 39 heavy (non-hydrogen) atoms. The van der Waals surface area contributed by atoms with Gasteiger partial charge in [-0.2, -0.15) is 4.98 Å². The Labute approximate surface area is 221 Å². The summed E-state index contributed by atoms with van der Waals surface area (Å²) in [6.07, 6.45) is 1.63. The summed E-state index contributed by atoms with van der Waals surface area (Å²) >= 11 is 0. The third-order valence-electron chi connectivity index (χ3n) is 5.59. The fourth-order valence-corrected chi connectivity index (χ4v) is 4.67. The van der Waals surface area contributed by atoms with Gasteiger partial charge in [-0.1, -0.05) is 5.16 Å². The van der Waals surface area contributed by atoms with Crippen molar-refractivity contribution < 1.29 is 17.7 Å². The molecule has 1 atom stereocenters. The van der Waals surface area contributed by atoms with Crippen LogP contribution in [0.15, 0.2) is 73.8 Å². The van der Waals surface area contributed by atoms with Crippen LogP contribution < -0.4 is 32.0 Å². The van der Waals surface area contributed by atoms with E-state index in [-0.39, 0.29) is 40.1 Å². The van der Waals surface area contributed by atoms with E-state index in [4.69, 9.17) is 10.3 Å². The quantitative estimate of drug-likeness (QED) is 0.189. The molecule has 0 bridgehead atoms. The van der Waals surface area contributed by atoms with Crippen LogP contribution in [-0.4, -0.2) is 48.3 Å². The number of nitrogens with zero attached hydrogens (tertiary/aromatic N) is 3. The van der Waals surface area contributed by atoms with Gasteiger partial charge in [-0.3, -0.25) is 19.3 Å². The van der Waals surface area contributed by atoms with Gasteiger partial charge < -0.3 is 26.2 Å². The number of benzene rings is 2. The van der Waals surface area contributed by atoms with Gasteiger partial charge in [0, 0.05) is 35.8 Å². The van der Waals surface area contributed by atoms with Gasteiger partial charge in [0.15, 0.2) is 11.6 Å². The Kier molecular flexibility index (Phi) is 6.72. The molecule has 200 valence electrons. The van der Waals surface area contributed by atoms with Gasteiger partial charge in [-0.25, -0.2) is 13.4 Å². The van der Waals surface area contributed by atoms with Gasteiger partial charge in [-0.15, -0.1) is 0 Å². The monoisotopic (exact) mass is 549 g/mol. The molecular formula is C24H23N9O5S. The number of hydrogen-bond acceptors (Lipinski definition) is 11. The minimum atomic E-state index is -3.86. The Morgan fingerprint density at radius 2 is 1.82 bits per heavy atom. The highest BCUT2D eigenvalue weighted by Crippen LogP contribution is 2.22. The molecule has 15 heteroatoms. The molecular weight excluding hydrogens is 526 g/mol. The van der Waals surface area contributed by atoms with Crippen molar-refractivity contribution in [3.05, 3.63) is 76.3 Å². The van der Waals surface area contributed by atoms with E-state index in [0.717, 1.165) is 5.69 Å². The minimum absolute atomic E-state index is 0.00238. The molecule has 0 spiro atoms. The van der Waals surface area contributed by atoms with Crippen molar-refractivity contribution in [2.24, 2.45) is 4.99 Å². The van der Waals surface area contributed by atoms with Gasteiger partial charge in [-0.05, 0) is 55.5 Å². The molecule has 2 aromatic carbocycles. The van der Waals surface area contributed by atoms with Crippen molar-refractivity contribution in [3.63, 3.8) is 0 Å². The first-order chi connectivity index (χ1) is 18.7. The lowest BCUT2D eigenvalue weighted by Gasteiger charge is -2.21. The molecule has 5 rings (SSSR count). The summed E-state index contributed by atoms with van der Waals surface area (Å²) < 4.78 is 32.2. The number of carbonyl (C=O) groups is 1. The van der Waals surface area contributed by atoms with Crippen molar-refractivity contribution in [2.45, 2.75) is 17.9 Å². The van der Waals surface area contributed by atoms with Gasteiger partial charge in [0.2, 0.25) is 5.95 Å². The molecule has 0 saturated carbocycles. The maximum atomic E-state index is 12.7. The standard InChI is InChI=1S/C24H23N9O5S/c1-13-10-19(32-38-13)33-39(36,37)18-8-6-16(7-9-18)29-22(34)14-2-4-15(5-3-14)26-11-17-12-27-21-20(28-17)23(35)31-24(25)30-21/h2-10,12,17,26,28H,11H2,1H3,(H,29,34)(H,32,33)(H3,25,30,31,35). The lowest BCUT2D eigenvalue weighted by atomic mass is 10.1. The smallest absolute Gasteiger partial charge is 0.277 e. The Morgan fingerprint density at radius 3 is 2.51 bits per heavy atom. The van der Waals surface area contributed by atoms with E-state index in [0.29, 0.717) is 23.6 Å². The summed E-state index contributed by atoms with van der Waals surface area (Å²) in [6.45, 7) is 2.06. The van der Waals surface area contributed by atoms with Gasteiger partial charge in [0.1, 0.15) is 11.4 Å². The molecule has 1 aliphatic rings. The van der Waals surface area contributed by atoms with Crippen molar-refractivity contribution >= 4 is 56.8 Å². The number of H-pyrrole nitrogens is 1. The second kappa shape index (κ2) is 10.3. The summed E-state index contributed by atoms with van der Waals surface area (Å²) in [5, 5.41) is 12.6. The molecule has 0 radical (unpaired) electrons.